The smallest absolute Gasteiger partial charge is 0.191 e. The Labute approximate surface area is 110 Å². The molecule has 2 aromatic heterocycles. The van der Waals surface area contributed by atoms with Gasteiger partial charge in [0.2, 0.25) is 0 Å². The summed E-state index contributed by atoms with van der Waals surface area (Å²) < 4.78 is 1.85. The molecule has 0 saturated carbocycles. The number of hydrogen-bond acceptors (Lipinski definition) is 6. The summed E-state index contributed by atoms with van der Waals surface area (Å²) in [5.41, 5.74) is 7.99. The number of aromatic nitrogens is 4. The molecule has 0 aliphatic carbocycles. The van der Waals surface area contributed by atoms with Crippen molar-refractivity contribution in [1.29, 1.82) is 0 Å². The van der Waals surface area contributed by atoms with Crippen molar-refractivity contribution in [3.63, 3.8) is 0 Å². The van der Waals surface area contributed by atoms with Crippen LogP contribution in [-0.4, -0.2) is 26.0 Å². The minimum absolute atomic E-state index is 0.472. The van der Waals surface area contributed by atoms with E-state index in [1.165, 1.54) is 11.8 Å². The number of hydrogen-bond donors (Lipinski definition) is 2. The van der Waals surface area contributed by atoms with Crippen LogP contribution in [0.3, 0.4) is 0 Å². The molecule has 0 atom stereocenters. The standard InChI is InChI=1S/C11H16N6S/c1-7-8(6-14-17(7)2)5-13-10-4-9(12)15-11(16-10)18-3/h4,6H,5H2,1-3H3,(H3,12,13,15,16). The Balaban J connectivity index is 2.10. The largest absolute Gasteiger partial charge is 0.383 e. The fraction of sp³-hybridized carbons (Fsp3) is 0.364. The van der Waals surface area contributed by atoms with E-state index in [0.717, 1.165) is 17.1 Å². The maximum Gasteiger partial charge on any atom is 0.191 e. The summed E-state index contributed by atoms with van der Waals surface area (Å²) >= 11 is 1.47. The lowest BCUT2D eigenvalue weighted by Crippen LogP contribution is -2.05. The lowest BCUT2D eigenvalue weighted by molar-refractivity contribution is 0.738. The van der Waals surface area contributed by atoms with Crippen LogP contribution in [0, 0.1) is 6.92 Å². The molecule has 0 aromatic carbocycles. The fourth-order valence-corrected chi connectivity index (χ4v) is 1.91. The van der Waals surface area contributed by atoms with Gasteiger partial charge in [0.25, 0.3) is 0 Å². The van der Waals surface area contributed by atoms with Crippen LogP contribution in [0.25, 0.3) is 0 Å². The number of nitrogens with one attached hydrogen (secondary N) is 1. The van der Waals surface area contributed by atoms with Gasteiger partial charge in [0, 0.05) is 30.9 Å². The highest BCUT2D eigenvalue weighted by molar-refractivity contribution is 7.98. The third-order valence-corrected chi connectivity index (χ3v) is 3.25. The maximum atomic E-state index is 5.72. The topological polar surface area (TPSA) is 81.6 Å². The maximum absolute atomic E-state index is 5.72. The third kappa shape index (κ3) is 2.73. The van der Waals surface area contributed by atoms with Crippen LogP contribution in [0.15, 0.2) is 17.4 Å². The van der Waals surface area contributed by atoms with Crippen LogP contribution in [-0.2, 0) is 13.6 Å². The second-order valence-electron chi connectivity index (χ2n) is 3.90. The first-order valence-electron chi connectivity index (χ1n) is 5.50. The van der Waals surface area contributed by atoms with Crippen LogP contribution in [0.1, 0.15) is 11.3 Å². The number of anilines is 2. The van der Waals surface area contributed by atoms with Gasteiger partial charge in [-0.3, -0.25) is 4.68 Å². The zero-order valence-corrected chi connectivity index (χ0v) is 11.5. The molecule has 0 aliphatic rings. The van der Waals surface area contributed by atoms with E-state index in [0.29, 0.717) is 17.5 Å². The molecule has 0 radical (unpaired) electrons. The van der Waals surface area contributed by atoms with Crippen molar-refractivity contribution in [2.24, 2.45) is 7.05 Å². The van der Waals surface area contributed by atoms with Crippen LogP contribution in [0.5, 0.6) is 0 Å². The highest BCUT2D eigenvalue weighted by atomic mass is 32.2. The van der Waals surface area contributed by atoms with Gasteiger partial charge in [-0.05, 0) is 13.2 Å². The van der Waals surface area contributed by atoms with Gasteiger partial charge in [-0.1, -0.05) is 11.8 Å². The molecule has 96 valence electrons. The second kappa shape index (κ2) is 5.26. The van der Waals surface area contributed by atoms with E-state index < -0.39 is 0 Å². The van der Waals surface area contributed by atoms with Gasteiger partial charge in [-0.15, -0.1) is 0 Å². The molecule has 0 spiro atoms. The number of nitrogens with zero attached hydrogens (tertiary/aromatic N) is 4. The number of rotatable bonds is 4. The molecule has 0 unspecified atom stereocenters. The lowest BCUT2D eigenvalue weighted by atomic mass is 10.2. The Morgan fingerprint density at radius 2 is 2.22 bits per heavy atom. The van der Waals surface area contributed by atoms with Crippen molar-refractivity contribution < 1.29 is 0 Å². The molecular formula is C11H16N6S. The summed E-state index contributed by atoms with van der Waals surface area (Å²) in [4.78, 5) is 8.44. The van der Waals surface area contributed by atoms with Crippen molar-refractivity contribution >= 4 is 23.4 Å². The zero-order chi connectivity index (χ0) is 13.1. The lowest BCUT2D eigenvalue weighted by Gasteiger charge is -2.07. The van der Waals surface area contributed by atoms with Crippen molar-refractivity contribution in [3.8, 4) is 0 Å². The highest BCUT2D eigenvalue weighted by Gasteiger charge is 2.05. The van der Waals surface area contributed by atoms with Gasteiger partial charge in [-0.2, -0.15) is 5.10 Å². The fourth-order valence-electron chi connectivity index (χ4n) is 1.53. The van der Waals surface area contributed by atoms with Crippen LogP contribution in [0.2, 0.25) is 0 Å². The van der Waals surface area contributed by atoms with Crippen molar-refractivity contribution in [3.05, 3.63) is 23.5 Å². The summed E-state index contributed by atoms with van der Waals surface area (Å²) in [5, 5.41) is 8.09. The normalized spacial score (nSPS) is 10.6. The summed E-state index contributed by atoms with van der Waals surface area (Å²) in [6.45, 7) is 2.70. The van der Waals surface area contributed by atoms with Gasteiger partial charge < -0.3 is 11.1 Å². The van der Waals surface area contributed by atoms with Crippen molar-refractivity contribution in [2.45, 2.75) is 18.6 Å². The molecule has 0 aliphatic heterocycles. The average Bonchev–Trinajstić information content (AvgIpc) is 2.67. The Kier molecular flexibility index (Phi) is 3.71. The molecule has 3 N–H and O–H groups in total. The molecule has 2 rings (SSSR count). The molecule has 2 aromatic rings. The molecule has 0 bridgehead atoms. The van der Waals surface area contributed by atoms with Gasteiger partial charge in [0.15, 0.2) is 5.16 Å². The monoisotopic (exact) mass is 264 g/mol. The second-order valence-corrected chi connectivity index (χ2v) is 4.67. The molecule has 2 heterocycles. The zero-order valence-electron chi connectivity index (χ0n) is 10.6. The van der Waals surface area contributed by atoms with Gasteiger partial charge in [-0.25, -0.2) is 9.97 Å². The van der Waals surface area contributed by atoms with Crippen LogP contribution < -0.4 is 11.1 Å². The Morgan fingerprint density at radius 1 is 1.44 bits per heavy atom. The van der Waals surface area contributed by atoms with Crippen molar-refractivity contribution in [1.82, 2.24) is 19.7 Å². The Morgan fingerprint density at radius 3 is 2.83 bits per heavy atom. The molecule has 6 nitrogen and oxygen atoms in total. The Bertz CT molecular complexity index is 550. The molecule has 0 amide bonds. The van der Waals surface area contributed by atoms with Crippen LogP contribution >= 0.6 is 11.8 Å². The number of nitrogen functional groups attached to an aromatic ring is 1. The molecule has 7 heteroatoms. The van der Waals surface area contributed by atoms with E-state index in [1.807, 2.05) is 31.1 Å². The minimum atomic E-state index is 0.472. The summed E-state index contributed by atoms with van der Waals surface area (Å²) in [5.74, 6) is 1.20. The summed E-state index contributed by atoms with van der Waals surface area (Å²) in [7, 11) is 1.92. The first-order valence-corrected chi connectivity index (χ1v) is 6.72. The van der Waals surface area contributed by atoms with E-state index in [1.54, 1.807) is 6.07 Å². The molecule has 18 heavy (non-hydrogen) atoms. The van der Waals surface area contributed by atoms with E-state index in [2.05, 4.69) is 20.4 Å². The number of aryl methyl sites for hydroxylation is 1. The first-order chi connectivity index (χ1) is 8.60. The number of nitrogens with two attached hydrogens (primary N) is 1. The van der Waals surface area contributed by atoms with Crippen molar-refractivity contribution in [2.75, 3.05) is 17.3 Å². The number of thioether (sulfide) groups is 1. The molecule has 0 fully saturated rings. The minimum Gasteiger partial charge on any atom is -0.383 e. The average molecular weight is 264 g/mol. The quantitative estimate of drug-likeness (QED) is 0.642. The summed E-state index contributed by atoms with van der Waals surface area (Å²) in [6.07, 6.45) is 3.77. The predicted octanol–water partition coefficient (Wildman–Crippen LogP) is 1.43. The third-order valence-electron chi connectivity index (χ3n) is 2.70. The van der Waals surface area contributed by atoms with E-state index in [9.17, 15) is 0 Å². The van der Waals surface area contributed by atoms with Gasteiger partial charge >= 0.3 is 0 Å². The highest BCUT2D eigenvalue weighted by Crippen LogP contribution is 2.16. The SMILES string of the molecule is CSc1nc(N)cc(NCc2cnn(C)c2C)n1. The van der Waals surface area contributed by atoms with E-state index in [4.69, 9.17) is 5.73 Å². The molecular weight excluding hydrogens is 248 g/mol. The van der Waals surface area contributed by atoms with Gasteiger partial charge in [0.1, 0.15) is 11.6 Å². The van der Waals surface area contributed by atoms with Crippen LogP contribution in [0.4, 0.5) is 11.6 Å². The van der Waals surface area contributed by atoms with E-state index in [-0.39, 0.29) is 0 Å². The predicted molar refractivity (Wildman–Crippen MR) is 73.5 cm³/mol. The molecule has 0 saturated heterocycles. The summed E-state index contributed by atoms with van der Waals surface area (Å²) in [6, 6.07) is 1.73. The van der Waals surface area contributed by atoms with E-state index >= 15 is 0 Å². The Hall–Kier alpha value is -1.76. The van der Waals surface area contributed by atoms with Gasteiger partial charge in [0.05, 0.1) is 6.20 Å². The first kappa shape index (κ1) is 12.7.